The topological polar surface area (TPSA) is 40.8 Å². The number of halogens is 1. The van der Waals surface area contributed by atoms with Gasteiger partial charge in [0.15, 0.2) is 10.1 Å². The summed E-state index contributed by atoms with van der Waals surface area (Å²) in [6, 6.07) is 0. The summed E-state index contributed by atoms with van der Waals surface area (Å²) in [5.74, 6) is 0.387. The molecule has 3 rings (SSSR count). The van der Waals surface area contributed by atoms with Crippen LogP contribution in [0.25, 0.3) is 4.96 Å². The summed E-state index contributed by atoms with van der Waals surface area (Å²) in [5, 5.41) is 12.7. The number of hydrogen-bond donors (Lipinski definition) is 1. The number of nitrogens with zero attached hydrogens (tertiary/aromatic N) is 3. The number of aliphatic hydroxyl groups excluding tert-OH is 1. The highest BCUT2D eigenvalue weighted by Crippen LogP contribution is 2.26. The zero-order chi connectivity index (χ0) is 14.1. The summed E-state index contributed by atoms with van der Waals surface area (Å²) in [6.45, 7) is 1.68. The zero-order valence-corrected chi connectivity index (χ0v) is 13.2. The van der Waals surface area contributed by atoms with Gasteiger partial charge in [-0.2, -0.15) is 0 Å². The lowest BCUT2D eigenvalue weighted by Crippen LogP contribution is -2.35. The molecule has 0 bridgehead atoms. The lowest BCUT2D eigenvalue weighted by Gasteiger charge is -2.31. The fourth-order valence-corrected chi connectivity index (χ4v) is 4.08. The smallest absolute Gasteiger partial charge is 0.195 e. The van der Waals surface area contributed by atoms with Crippen molar-refractivity contribution in [2.45, 2.75) is 38.3 Å². The molecule has 110 valence electrons. The van der Waals surface area contributed by atoms with Gasteiger partial charge in [-0.3, -0.25) is 4.40 Å². The van der Waals surface area contributed by atoms with E-state index >= 15 is 0 Å². The molecule has 2 aromatic heterocycles. The predicted molar refractivity (Wildman–Crippen MR) is 82.4 cm³/mol. The number of thiazole rings is 1. The normalized spacial score (nSPS) is 23.8. The third kappa shape index (κ3) is 2.86. The average Bonchev–Trinajstić information content (AvgIpc) is 2.96. The van der Waals surface area contributed by atoms with E-state index in [-0.39, 0.29) is 6.10 Å². The molecule has 4 nitrogen and oxygen atoms in total. The minimum Gasteiger partial charge on any atom is -0.393 e. The number of aromatic nitrogens is 2. The van der Waals surface area contributed by atoms with E-state index in [4.69, 9.17) is 11.6 Å². The molecule has 1 saturated carbocycles. The largest absolute Gasteiger partial charge is 0.393 e. The molecule has 1 N–H and O–H groups in total. The summed E-state index contributed by atoms with van der Waals surface area (Å²) in [5.41, 5.74) is 1.04. The molecule has 0 aromatic carbocycles. The van der Waals surface area contributed by atoms with Crippen molar-refractivity contribution < 1.29 is 5.11 Å². The standard InChI is InChI=1S/C14H20ClN3OS/c1-17(8-10-4-2-3-5-12(10)19)9-11-13(15)16-14-18(11)6-7-20-14/h6-7,10,12,19H,2-5,8-9H2,1H3. The Kier molecular flexibility index (Phi) is 4.31. The first-order chi connectivity index (χ1) is 9.65. The van der Waals surface area contributed by atoms with E-state index in [1.165, 1.54) is 6.42 Å². The van der Waals surface area contributed by atoms with Gasteiger partial charge in [0.1, 0.15) is 0 Å². The Morgan fingerprint density at radius 2 is 2.30 bits per heavy atom. The van der Waals surface area contributed by atoms with Crippen molar-refractivity contribution in [3.05, 3.63) is 22.4 Å². The highest BCUT2D eigenvalue weighted by molar-refractivity contribution is 7.15. The minimum atomic E-state index is -0.145. The minimum absolute atomic E-state index is 0.145. The van der Waals surface area contributed by atoms with Crippen LogP contribution in [0.15, 0.2) is 11.6 Å². The molecule has 20 heavy (non-hydrogen) atoms. The fraction of sp³-hybridized carbons (Fsp3) is 0.643. The lowest BCUT2D eigenvalue weighted by atomic mass is 9.86. The van der Waals surface area contributed by atoms with E-state index in [1.54, 1.807) is 11.3 Å². The summed E-state index contributed by atoms with van der Waals surface area (Å²) < 4.78 is 2.06. The van der Waals surface area contributed by atoms with Gasteiger partial charge in [-0.05, 0) is 25.8 Å². The monoisotopic (exact) mass is 313 g/mol. The molecule has 6 heteroatoms. The SMILES string of the molecule is CN(Cc1c(Cl)nc2sccn12)CC1CCCCC1O. The maximum atomic E-state index is 10.1. The van der Waals surface area contributed by atoms with Crippen molar-refractivity contribution in [1.29, 1.82) is 0 Å². The number of aliphatic hydroxyl groups is 1. The molecule has 2 heterocycles. The van der Waals surface area contributed by atoms with Gasteiger partial charge in [-0.15, -0.1) is 11.3 Å². The van der Waals surface area contributed by atoms with Gasteiger partial charge < -0.3 is 10.0 Å². The fourth-order valence-electron chi connectivity index (χ4n) is 3.07. The Morgan fingerprint density at radius 1 is 1.50 bits per heavy atom. The van der Waals surface area contributed by atoms with E-state index in [1.807, 2.05) is 11.6 Å². The number of rotatable bonds is 4. The second kappa shape index (κ2) is 6.02. The molecular weight excluding hydrogens is 294 g/mol. The molecule has 0 spiro atoms. The summed E-state index contributed by atoms with van der Waals surface area (Å²) >= 11 is 7.82. The number of hydrogen-bond acceptors (Lipinski definition) is 4. The zero-order valence-electron chi connectivity index (χ0n) is 11.6. The third-order valence-electron chi connectivity index (χ3n) is 4.15. The maximum Gasteiger partial charge on any atom is 0.195 e. The molecule has 0 saturated heterocycles. The van der Waals surface area contributed by atoms with Crippen molar-refractivity contribution in [2.75, 3.05) is 13.6 Å². The van der Waals surface area contributed by atoms with Crippen LogP contribution in [-0.4, -0.2) is 39.1 Å². The summed E-state index contributed by atoms with van der Waals surface area (Å²) in [7, 11) is 2.09. The Morgan fingerprint density at radius 3 is 3.10 bits per heavy atom. The first-order valence-electron chi connectivity index (χ1n) is 7.11. The molecule has 0 radical (unpaired) electrons. The van der Waals surface area contributed by atoms with Crippen LogP contribution in [0, 0.1) is 5.92 Å². The number of fused-ring (bicyclic) bond motifs is 1. The van der Waals surface area contributed by atoms with Crippen molar-refractivity contribution in [3.8, 4) is 0 Å². The van der Waals surface area contributed by atoms with Crippen LogP contribution in [0.2, 0.25) is 5.15 Å². The van der Waals surface area contributed by atoms with Crippen LogP contribution in [0.3, 0.4) is 0 Å². The van der Waals surface area contributed by atoms with Gasteiger partial charge in [-0.25, -0.2) is 4.98 Å². The highest BCUT2D eigenvalue weighted by atomic mass is 35.5. The molecule has 0 amide bonds. The average molecular weight is 314 g/mol. The molecule has 2 aromatic rings. The Hall–Kier alpha value is -0.620. The van der Waals surface area contributed by atoms with E-state index in [9.17, 15) is 5.11 Å². The Balaban J connectivity index is 1.67. The van der Waals surface area contributed by atoms with Crippen molar-refractivity contribution in [1.82, 2.24) is 14.3 Å². The quantitative estimate of drug-likeness (QED) is 0.943. The highest BCUT2D eigenvalue weighted by Gasteiger charge is 2.24. The first-order valence-corrected chi connectivity index (χ1v) is 8.37. The van der Waals surface area contributed by atoms with Crippen molar-refractivity contribution in [3.63, 3.8) is 0 Å². The van der Waals surface area contributed by atoms with Crippen molar-refractivity contribution in [2.24, 2.45) is 5.92 Å². The van der Waals surface area contributed by atoms with E-state index < -0.39 is 0 Å². The molecular formula is C14H20ClN3OS. The molecule has 1 aliphatic rings. The predicted octanol–water partition coefficient (Wildman–Crippen LogP) is 3.03. The van der Waals surface area contributed by atoms with Crippen LogP contribution in [0.1, 0.15) is 31.4 Å². The lowest BCUT2D eigenvalue weighted by molar-refractivity contribution is 0.0499. The number of imidazole rings is 1. The van der Waals surface area contributed by atoms with Gasteiger partial charge in [0.2, 0.25) is 0 Å². The van der Waals surface area contributed by atoms with Crippen molar-refractivity contribution >= 4 is 27.9 Å². The molecule has 0 aliphatic heterocycles. The molecule has 2 unspecified atom stereocenters. The Labute approximate surface area is 128 Å². The maximum absolute atomic E-state index is 10.1. The van der Waals surface area contributed by atoms with Crippen LogP contribution >= 0.6 is 22.9 Å². The second-order valence-electron chi connectivity index (χ2n) is 5.71. The van der Waals surface area contributed by atoms with Crippen LogP contribution in [0.5, 0.6) is 0 Å². The molecule has 1 aliphatic carbocycles. The van der Waals surface area contributed by atoms with E-state index in [2.05, 4.69) is 21.3 Å². The van der Waals surface area contributed by atoms with Gasteiger partial charge >= 0.3 is 0 Å². The third-order valence-corrected chi connectivity index (χ3v) is 5.21. The summed E-state index contributed by atoms with van der Waals surface area (Å²) in [6.07, 6.45) is 6.33. The molecule has 1 fully saturated rings. The van der Waals surface area contributed by atoms with Crippen LogP contribution in [0.4, 0.5) is 0 Å². The van der Waals surface area contributed by atoms with Crippen LogP contribution in [-0.2, 0) is 6.54 Å². The van der Waals surface area contributed by atoms with Gasteiger partial charge in [0.25, 0.3) is 0 Å². The Bertz CT molecular complexity index is 582. The second-order valence-corrected chi connectivity index (χ2v) is 6.94. The van der Waals surface area contributed by atoms with Gasteiger partial charge in [0.05, 0.1) is 11.8 Å². The van der Waals surface area contributed by atoms with Gasteiger partial charge in [0, 0.05) is 24.7 Å². The molecule has 2 atom stereocenters. The van der Waals surface area contributed by atoms with Gasteiger partial charge in [-0.1, -0.05) is 24.4 Å². The van der Waals surface area contributed by atoms with E-state index in [0.29, 0.717) is 11.1 Å². The van der Waals surface area contributed by atoms with Crippen LogP contribution < -0.4 is 0 Å². The first kappa shape index (κ1) is 14.3. The van der Waals surface area contributed by atoms with E-state index in [0.717, 1.165) is 43.0 Å². The summed E-state index contributed by atoms with van der Waals surface area (Å²) in [4.78, 5) is 7.54.